The lowest BCUT2D eigenvalue weighted by atomic mass is 10.1. The van der Waals surface area contributed by atoms with Crippen LogP contribution in [0.25, 0.3) is 0 Å². The second-order valence-electron chi connectivity index (χ2n) is 4.50. The zero-order valence-electron chi connectivity index (χ0n) is 12.2. The maximum atomic E-state index is 11.5. The average Bonchev–Trinajstić information content (AvgIpc) is 2.42. The third-order valence-corrected chi connectivity index (χ3v) is 3.56. The summed E-state index contributed by atoms with van der Waals surface area (Å²) in [5.41, 5.74) is 1.62. The molecule has 4 heteroatoms. The number of aryl methyl sites for hydroxylation is 1. The number of Topliss-reactive ketones (excluding diaryl/α,β-unsaturated/α-hetero) is 1. The van der Waals surface area contributed by atoms with E-state index in [4.69, 9.17) is 0 Å². The molecule has 0 saturated carbocycles. The van der Waals surface area contributed by atoms with Crippen LogP contribution in [-0.4, -0.2) is 28.7 Å². The number of hydrogen-bond acceptors (Lipinski definition) is 4. The summed E-state index contributed by atoms with van der Waals surface area (Å²) < 4.78 is 0. The molecule has 1 N–H and O–H groups in total. The third-order valence-electron chi connectivity index (χ3n) is 2.84. The second-order valence-corrected chi connectivity index (χ2v) is 5.29. The van der Waals surface area contributed by atoms with Crippen LogP contribution in [0, 0.1) is 0 Å². The Labute approximate surface area is 124 Å². The molecule has 0 heterocycles. The lowest BCUT2D eigenvalue weighted by Gasteiger charge is -2.07. The van der Waals surface area contributed by atoms with Crippen molar-refractivity contribution in [1.82, 2.24) is 0 Å². The Morgan fingerprint density at radius 3 is 2.40 bits per heavy atom. The molecule has 1 aromatic rings. The highest BCUT2D eigenvalue weighted by atomic mass is 32.2. The number of rotatable bonds is 6. The van der Waals surface area contributed by atoms with E-state index in [0.29, 0.717) is 17.2 Å². The van der Waals surface area contributed by atoms with Crippen molar-refractivity contribution in [2.45, 2.75) is 26.7 Å². The predicted molar refractivity (Wildman–Crippen MR) is 86.6 cm³/mol. The number of benzene rings is 1. The van der Waals surface area contributed by atoms with Gasteiger partial charge in [0.15, 0.2) is 5.78 Å². The quantitative estimate of drug-likeness (QED) is 0.285. The molecule has 0 unspecified atom stereocenters. The summed E-state index contributed by atoms with van der Waals surface area (Å²) in [6.07, 6.45) is 3.74. The zero-order valence-corrected chi connectivity index (χ0v) is 13.0. The first kappa shape index (κ1) is 16.5. The fraction of sp³-hybridized carbons (Fsp3) is 0.375. The van der Waals surface area contributed by atoms with E-state index >= 15 is 0 Å². The first-order valence-corrected chi connectivity index (χ1v) is 7.82. The summed E-state index contributed by atoms with van der Waals surface area (Å²) in [6.45, 7) is 3.62. The Hall–Kier alpha value is -1.55. The van der Waals surface area contributed by atoms with Gasteiger partial charge in [0.2, 0.25) is 0 Å². The standard InChI is InChI=1S/C16H21NO2S/c1-12(18)15(13(2)19)16(20-3)17-11-7-10-14-8-5-4-6-9-14/h4-6,8-9,18H,7,10-11H2,1-3H3/b15-12-,17-16?. The highest BCUT2D eigenvalue weighted by Gasteiger charge is 2.14. The summed E-state index contributed by atoms with van der Waals surface area (Å²) >= 11 is 1.39. The number of allylic oxidation sites excluding steroid dienone is 1. The first-order chi connectivity index (χ1) is 9.56. The van der Waals surface area contributed by atoms with Gasteiger partial charge in [-0.3, -0.25) is 9.79 Å². The SMILES string of the molecule is CSC(=NCCCc1ccccc1)/C(C(C)=O)=C(/C)O. The van der Waals surface area contributed by atoms with Crippen LogP contribution < -0.4 is 0 Å². The zero-order chi connectivity index (χ0) is 15.0. The number of nitrogens with zero attached hydrogens (tertiary/aromatic N) is 1. The summed E-state index contributed by atoms with van der Waals surface area (Å²) in [7, 11) is 0. The van der Waals surface area contributed by atoms with Crippen molar-refractivity contribution in [1.29, 1.82) is 0 Å². The molecule has 0 fully saturated rings. The summed E-state index contributed by atoms with van der Waals surface area (Å²) in [5.74, 6) is -0.116. The Morgan fingerprint density at radius 1 is 1.25 bits per heavy atom. The van der Waals surface area contributed by atoms with E-state index in [2.05, 4.69) is 17.1 Å². The van der Waals surface area contributed by atoms with Crippen molar-refractivity contribution >= 4 is 22.6 Å². The first-order valence-electron chi connectivity index (χ1n) is 6.59. The van der Waals surface area contributed by atoms with Gasteiger partial charge in [0.25, 0.3) is 0 Å². The van der Waals surface area contributed by atoms with Gasteiger partial charge < -0.3 is 5.11 Å². The summed E-state index contributed by atoms with van der Waals surface area (Å²) in [6, 6.07) is 10.2. The molecule has 0 aliphatic rings. The minimum absolute atomic E-state index is 0.0358. The molecule has 1 rings (SSSR count). The third kappa shape index (κ3) is 5.21. The molecule has 0 radical (unpaired) electrons. The van der Waals surface area contributed by atoms with Gasteiger partial charge in [-0.15, -0.1) is 11.8 Å². The lowest BCUT2D eigenvalue weighted by Crippen LogP contribution is -2.10. The number of aliphatic hydroxyl groups is 1. The predicted octanol–water partition coefficient (Wildman–Crippen LogP) is 3.80. The van der Waals surface area contributed by atoms with Crippen LogP contribution in [0.2, 0.25) is 0 Å². The van der Waals surface area contributed by atoms with Crippen molar-refractivity contribution < 1.29 is 9.90 Å². The topological polar surface area (TPSA) is 49.7 Å². The van der Waals surface area contributed by atoms with E-state index in [1.165, 1.54) is 31.2 Å². The summed E-state index contributed by atoms with van der Waals surface area (Å²) in [4.78, 5) is 16.0. The van der Waals surface area contributed by atoms with Gasteiger partial charge in [0.05, 0.1) is 5.57 Å². The van der Waals surface area contributed by atoms with E-state index in [-0.39, 0.29) is 11.5 Å². The van der Waals surface area contributed by atoms with E-state index in [1.54, 1.807) is 0 Å². The molecule has 108 valence electrons. The Bertz CT molecular complexity index is 502. The van der Waals surface area contributed by atoms with Gasteiger partial charge in [0.1, 0.15) is 10.8 Å². The lowest BCUT2D eigenvalue weighted by molar-refractivity contribution is -0.113. The molecule has 0 saturated heterocycles. The molecule has 0 aliphatic heterocycles. The molecule has 0 atom stereocenters. The molecule has 0 spiro atoms. The van der Waals surface area contributed by atoms with Gasteiger partial charge in [-0.1, -0.05) is 30.3 Å². The van der Waals surface area contributed by atoms with Crippen molar-refractivity contribution in [3.8, 4) is 0 Å². The number of aliphatic imine (C=N–C) groups is 1. The number of carbonyl (C=O) groups excluding carboxylic acids is 1. The van der Waals surface area contributed by atoms with Crippen LogP contribution in [-0.2, 0) is 11.2 Å². The minimum Gasteiger partial charge on any atom is -0.512 e. The molecule has 20 heavy (non-hydrogen) atoms. The van der Waals surface area contributed by atoms with Gasteiger partial charge >= 0.3 is 0 Å². The average molecular weight is 291 g/mol. The highest BCUT2D eigenvalue weighted by Crippen LogP contribution is 2.15. The van der Waals surface area contributed by atoms with E-state index < -0.39 is 0 Å². The molecule has 0 amide bonds. The fourth-order valence-electron chi connectivity index (χ4n) is 1.91. The largest absolute Gasteiger partial charge is 0.512 e. The summed E-state index contributed by atoms with van der Waals surface area (Å²) in [5, 5.41) is 10.2. The van der Waals surface area contributed by atoms with E-state index in [9.17, 15) is 9.90 Å². The van der Waals surface area contributed by atoms with Gasteiger partial charge in [-0.25, -0.2) is 0 Å². The molecular formula is C16H21NO2S. The maximum Gasteiger partial charge on any atom is 0.165 e. The number of ketones is 1. The molecule has 3 nitrogen and oxygen atoms in total. The van der Waals surface area contributed by atoms with Crippen LogP contribution in [0.5, 0.6) is 0 Å². The molecule has 1 aromatic carbocycles. The van der Waals surface area contributed by atoms with Crippen molar-refractivity contribution in [2.75, 3.05) is 12.8 Å². The highest BCUT2D eigenvalue weighted by molar-refractivity contribution is 8.14. The fourth-order valence-corrected chi connectivity index (χ4v) is 2.63. The normalized spacial score (nSPS) is 13.1. The van der Waals surface area contributed by atoms with Crippen LogP contribution in [0.1, 0.15) is 25.8 Å². The Kier molecular flexibility index (Phi) is 7.09. The van der Waals surface area contributed by atoms with Gasteiger partial charge in [0, 0.05) is 6.54 Å². The van der Waals surface area contributed by atoms with Gasteiger partial charge in [-0.2, -0.15) is 0 Å². The monoisotopic (exact) mass is 291 g/mol. The smallest absolute Gasteiger partial charge is 0.165 e. The van der Waals surface area contributed by atoms with Crippen LogP contribution in [0.15, 0.2) is 46.7 Å². The van der Waals surface area contributed by atoms with E-state index in [1.807, 2.05) is 24.5 Å². The molecule has 0 bridgehead atoms. The van der Waals surface area contributed by atoms with Crippen molar-refractivity contribution in [3.05, 3.63) is 47.2 Å². The van der Waals surface area contributed by atoms with Crippen LogP contribution in [0.4, 0.5) is 0 Å². The molecule has 0 aromatic heterocycles. The maximum absolute atomic E-state index is 11.5. The van der Waals surface area contributed by atoms with Crippen molar-refractivity contribution in [2.24, 2.45) is 4.99 Å². The number of thioether (sulfide) groups is 1. The van der Waals surface area contributed by atoms with E-state index in [0.717, 1.165) is 12.8 Å². The minimum atomic E-state index is -0.152. The number of aliphatic hydroxyl groups excluding tert-OH is 1. The van der Waals surface area contributed by atoms with Crippen molar-refractivity contribution in [3.63, 3.8) is 0 Å². The van der Waals surface area contributed by atoms with Crippen LogP contribution >= 0.6 is 11.8 Å². The second kappa shape index (κ2) is 8.59. The number of carbonyl (C=O) groups is 1. The molecular weight excluding hydrogens is 270 g/mol. The molecule has 0 aliphatic carbocycles. The Balaban J connectivity index is 2.63. The van der Waals surface area contributed by atoms with Gasteiger partial charge in [-0.05, 0) is 38.5 Å². The Morgan fingerprint density at radius 2 is 1.90 bits per heavy atom. The number of hydrogen-bond donors (Lipinski definition) is 1. The van der Waals surface area contributed by atoms with Crippen LogP contribution in [0.3, 0.4) is 0 Å².